The largest absolute Gasteiger partial charge is 0.485 e. The molecule has 0 radical (unpaired) electrons. The summed E-state index contributed by atoms with van der Waals surface area (Å²) in [6, 6.07) is 19.3. The van der Waals surface area contributed by atoms with Gasteiger partial charge in [0, 0.05) is 28.8 Å². The number of esters is 1. The van der Waals surface area contributed by atoms with Gasteiger partial charge in [-0.05, 0) is 68.0 Å². The number of benzene rings is 3. The maximum absolute atomic E-state index is 15.4. The van der Waals surface area contributed by atoms with Crippen molar-refractivity contribution in [2.75, 3.05) is 12.9 Å². The Morgan fingerprint density at radius 1 is 1.00 bits per heavy atom. The van der Waals surface area contributed by atoms with Gasteiger partial charge in [0.1, 0.15) is 18.2 Å². The van der Waals surface area contributed by atoms with E-state index in [1.807, 2.05) is 30.3 Å². The summed E-state index contributed by atoms with van der Waals surface area (Å²) in [6.07, 6.45) is 4.26. The Hall–Kier alpha value is -4.22. The minimum atomic E-state index is -3.49. The number of sulfonamides is 1. The van der Waals surface area contributed by atoms with E-state index in [-0.39, 0.29) is 41.8 Å². The normalized spacial score (nSPS) is 18.2. The fourth-order valence-electron chi connectivity index (χ4n) is 5.78. The molecule has 11 heteroatoms. The van der Waals surface area contributed by atoms with Gasteiger partial charge in [0.15, 0.2) is 17.3 Å². The topological polar surface area (TPSA) is 107 Å². The van der Waals surface area contributed by atoms with Crippen LogP contribution in [0, 0.1) is 11.6 Å². The molecule has 1 heterocycles. The van der Waals surface area contributed by atoms with Crippen molar-refractivity contribution in [1.29, 1.82) is 0 Å². The molecule has 2 atom stereocenters. The van der Waals surface area contributed by atoms with Crippen LogP contribution in [0.25, 0.3) is 11.1 Å². The number of nitrogens with zero attached hydrogens (tertiary/aromatic N) is 2. The summed E-state index contributed by atoms with van der Waals surface area (Å²) >= 11 is 0. The van der Waals surface area contributed by atoms with Gasteiger partial charge in [0.05, 0.1) is 12.9 Å². The third kappa shape index (κ3) is 7.28. The first-order valence-electron chi connectivity index (χ1n) is 14.3. The van der Waals surface area contributed by atoms with E-state index in [1.54, 1.807) is 25.1 Å². The maximum Gasteiger partial charge on any atom is 0.357 e. The van der Waals surface area contributed by atoms with Gasteiger partial charge in [-0.25, -0.2) is 36.7 Å². The summed E-state index contributed by atoms with van der Waals surface area (Å²) in [4.78, 5) is 21.5. The summed E-state index contributed by atoms with van der Waals surface area (Å²) < 4.78 is 68.3. The zero-order valence-corrected chi connectivity index (χ0v) is 25.2. The van der Waals surface area contributed by atoms with Crippen LogP contribution in [0.4, 0.5) is 8.78 Å². The Balaban J connectivity index is 1.51. The third-order valence-corrected chi connectivity index (χ3v) is 8.42. The summed E-state index contributed by atoms with van der Waals surface area (Å²) in [6.45, 7) is 1.98. The second-order valence-corrected chi connectivity index (χ2v) is 12.8. The summed E-state index contributed by atoms with van der Waals surface area (Å²) in [5.41, 5.74) is 1.26. The highest BCUT2D eigenvalue weighted by Crippen LogP contribution is 2.44. The molecule has 0 aliphatic heterocycles. The number of para-hydroxylation sites is 1. The monoisotopic (exact) mass is 621 g/mol. The van der Waals surface area contributed by atoms with Crippen molar-refractivity contribution < 1.29 is 31.5 Å². The Morgan fingerprint density at radius 3 is 2.55 bits per heavy atom. The third-order valence-electron chi connectivity index (χ3n) is 7.66. The molecule has 1 aromatic heterocycles. The first-order valence-corrected chi connectivity index (χ1v) is 16.2. The number of hydrogen-bond acceptors (Lipinski definition) is 7. The molecule has 230 valence electrons. The van der Waals surface area contributed by atoms with Crippen LogP contribution in [0.1, 0.15) is 53.6 Å². The van der Waals surface area contributed by atoms with E-state index in [4.69, 9.17) is 9.47 Å². The van der Waals surface area contributed by atoms with Crippen LogP contribution >= 0.6 is 0 Å². The van der Waals surface area contributed by atoms with Crippen molar-refractivity contribution in [1.82, 2.24) is 14.7 Å². The second kappa shape index (κ2) is 13.2. The summed E-state index contributed by atoms with van der Waals surface area (Å²) in [5.74, 6) is -1.46. The molecule has 8 nitrogen and oxygen atoms in total. The van der Waals surface area contributed by atoms with Crippen molar-refractivity contribution in [3.8, 4) is 16.9 Å². The zero-order valence-electron chi connectivity index (χ0n) is 24.4. The van der Waals surface area contributed by atoms with Crippen LogP contribution in [0.15, 0.2) is 79.0 Å². The molecule has 1 N–H and O–H groups in total. The number of aromatic nitrogens is 2. The number of carbonyl (C=O) groups excluding carboxylic acids is 1. The van der Waals surface area contributed by atoms with Crippen molar-refractivity contribution in [2.24, 2.45) is 0 Å². The number of rotatable bonds is 11. The van der Waals surface area contributed by atoms with Gasteiger partial charge in [-0.2, -0.15) is 0 Å². The molecule has 4 aromatic rings. The molecule has 44 heavy (non-hydrogen) atoms. The molecule has 0 bridgehead atoms. The van der Waals surface area contributed by atoms with E-state index in [9.17, 15) is 13.2 Å². The van der Waals surface area contributed by atoms with Crippen LogP contribution in [0.5, 0.6) is 5.75 Å². The van der Waals surface area contributed by atoms with Crippen LogP contribution in [-0.2, 0) is 33.2 Å². The molecule has 1 saturated carbocycles. The Kier molecular flexibility index (Phi) is 9.36. The highest BCUT2D eigenvalue weighted by Gasteiger charge is 2.44. The molecule has 0 amide bonds. The Bertz CT molecular complexity index is 1750. The lowest BCUT2D eigenvalue weighted by Crippen LogP contribution is -2.36. The predicted octanol–water partition coefficient (Wildman–Crippen LogP) is 5.76. The quantitative estimate of drug-likeness (QED) is 0.212. The summed E-state index contributed by atoms with van der Waals surface area (Å²) in [5, 5.41) is 0. The minimum Gasteiger partial charge on any atom is -0.485 e. The molecule has 1 aliphatic carbocycles. The van der Waals surface area contributed by atoms with Gasteiger partial charge >= 0.3 is 5.97 Å². The zero-order chi connectivity index (χ0) is 31.3. The van der Waals surface area contributed by atoms with Gasteiger partial charge < -0.3 is 9.47 Å². The lowest BCUT2D eigenvalue weighted by atomic mass is 9.78. The van der Waals surface area contributed by atoms with Crippen LogP contribution in [-0.4, -0.2) is 43.3 Å². The molecule has 5 rings (SSSR count). The molecule has 1 fully saturated rings. The van der Waals surface area contributed by atoms with Crippen LogP contribution in [0.3, 0.4) is 0 Å². The van der Waals surface area contributed by atoms with E-state index in [1.165, 1.54) is 30.5 Å². The fraction of sp³-hybridized carbons (Fsp3) is 0.303. The SMILES string of the molecule is CCOC(=O)c1ccnc([C@@]2(Cc3ccc(F)c(-c4cccc(F)c4OCc4ccccc4)c3)CC[C@H](NS(C)(=O)=O)C2)n1. The molecular weight excluding hydrogens is 588 g/mol. The van der Waals surface area contributed by atoms with Crippen molar-refractivity contribution >= 4 is 16.0 Å². The molecule has 0 spiro atoms. The maximum atomic E-state index is 15.4. The van der Waals surface area contributed by atoms with E-state index in [0.717, 1.165) is 11.8 Å². The Labute approximate surface area is 255 Å². The van der Waals surface area contributed by atoms with Gasteiger partial charge in [0.2, 0.25) is 10.0 Å². The van der Waals surface area contributed by atoms with E-state index >= 15 is 8.78 Å². The number of halogens is 2. The lowest BCUT2D eigenvalue weighted by molar-refractivity contribution is 0.0518. The van der Waals surface area contributed by atoms with Crippen LogP contribution in [0.2, 0.25) is 0 Å². The van der Waals surface area contributed by atoms with Gasteiger partial charge in [0.25, 0.3) is 0 Å². The fourth-order valence-corrected chi connectivity index (χ4v) is 6.59. The van der Waals surface area contributed by atoms with Crippen molar-refractivity contribution in [2.45, 2.75) is 50.7 Å². The number of hydrogen-bond donors (Lipinski definition) is 1. The molecular formula is C33H33F2N3O5S. The van der Waals surface area contributed by atoms with Crippen LogP contribution < -0.4 is 9.46 Å². The van der Waals surface area contributed by atoms with Crippen molar-refractivity contribution in [3.05, 3.63) is 113 Å². The lowest BCUT2D eigenvalue weighted by Gasteiger charge is -2.29. The molecule has 1 aliphatic rings. The second-order valence-electron chi connectivity index (χ2n) is 11.0. The van der Waals surface area contributed by atoms with Crippen molar-refractivity contribution in [3.63, 3.8) is 0 Å². The van der Waals surface area contributed by atoms with Gasteiger partial charge in [-0.3, -0.25) is 0 Å². The molecule has 0 saturated heterocycles. The van der Waals surface area contributed by atoms with Gasteiger partial charge in [-0.15, -0.1) is 0 Å². The van der Waals surface area contributed by atoms with E-state index < -0.39 is 33.0 Å². The average molecular weight is 622 g/mol. The molecule has 0 unspecified atom stereocenters. The highest BCUT2D eigenvalue weighted by atomic mass is 32.2. The first-order chi connectivity index (χ1) is 21.1. The first kappa shape index (κ1) is 31.2. The number of ether oxygens (including phenoxy) is 2. The highest BCUT2D eigenvalue weighted by molar-refractivity contribution is 7.88. The minimum absolute atomic E-state index is 0.0640. The average Bonchev–Trinajstić information content (AvgIpc) is 3.40. The number of carbonyl (C=O) groups is 1. The molecule has 3 aromatic carbocycles. The Morgan fingerprint density at radius 2 is 1.80 bits per heavy atom. The van der Waals surface area contributed by atoms with E-state index in [2.05, 4.69) is 14.7 Å². The van der Waals surface area contributed by atoms with Gasteiger partial charge in [-0.1, -0.05) is 48.5 Å². The van der Waals surface area contributed by atoms with E-state index in [0.29, 0.717) is 37.1 Å². The standard InChI is InChI=1S/C33H33F2N3O5S/c1-3-42-31(39)29-15-17-36-32(37-29)33(16-14-24(20-33)38-44(2,40)41)19-23-12-13-27(34)26(18-23)25-10-7-11-28(35)30(25)43-21-22-8-5-4-6-9-22/h4-13,15,17-18,24,38H,3,14,16,19-21H2,1-2H3/t24-,33+/m0/s1. The smallest absolute Gasteiger partial charge is 0.357 e. The summed E-state index contributed by atoms with van der Waals surface area (Å²) in [7, 11) is -3.49. The predicted molar refractivity (Wildman–Crippen MR) is 162 cm³/mol. The number of nitrogens with one attached hydrogen (secondary N) is 1.